The molecule has 0 aromatic heterocycles. The summed E-state index contributed by atoms with van der Waals surface area (Å²) in [7, 11) is 2.16. The van der Waals surface area contributed by atoms with E-state index in [1.807, 2.05) is 0 Å². The van der Waals surface area contributed by atoms with Crippen LogP contribution in [0, 0.1) is 0 Å². The largest absolute Gasteiger partial charge is 0.573 e. The number of rotatable bonds is 6. The zero-order valence-corrected chi connectivity index (χ0v) is 17.5. The Morgan fingerprint density at radius 1 is 1.10 bits per heavy atom. The molecule has 0 atom stereocenters. The van der Waals surface area contributed by atoms with Crippen LogP contribution >= 0.6 is 0 Å². The van der Waals surface area contributed by atoms with Crippen molar-refractivity contribution in [2.75, 3.05) is 39.8 Å². The summed E-state index contributed by atoms with van der Waals surface area (Å²) in [4.78, 5) is 9.36. The molecule has 0 amide bonds. The number of nitrogens with zero attached hydrogens (tertiary/aromatic N) is 3. The maximum absolute atomic E-state index is 12.2. The molecule has 3 N–H and O–H groups in total. The van der Waals surface area contributed by atoms with Gasteiger partial charge in [-0.3, -0.25) is 4.90 Å². The molecule has 0 saturated carbocycles. The van der Waals surface area contributed by atoms with Crippen LogP contribution < -0.4 is 15.8 Å². The van der Waals surface area contributed by atoms with Crippen molar-refractivity contribution in [3.63, 3.8) is 0 Å². The molecule has 2 aliphatic heterocycles. The fraction of sp³-hybridized carbons (Fsp3) is 0.667. The third kappa shape index (κ3) is 6.50. The van der Waals surface area contributed by atoms with Crippen LogP contribution in [0.3, 0.4) is 0 Å². The van der Waals surface area contributed by atoms with Gasteiger partial charge >= 0.3 is 6.36 Å². The minimum atomic E-state index is -4.69. The van der Waals surface area contributed by atoms with Gasteiger partial charge in [-0.1, -0.05) is 18.6 Å². The number of likely N-dealkylation sites (tertiary alicyclic amines) is 2. The summed E-state index contributed by atoms with van der Waals surface area (Å²) in [6.07, 6.45) is 1.31. The van der Waals surface area contributed by atoms with Crippen LogP contribution in [0.2, 0.25) is 0 Å². The number of nitrogens with one attached hydrogen (secondary N) is 1. The molecule has 0 bridgehead atoms. The standard InChI is InChI=1S/C21H32F3N5O/c1-28-13-9-20(10-14-28,29-11-3-2-4-12-29)16-27-19(25)26-15-17-5-7-18(8-6-17)30-21(22,23)24/h5-8H,2-4,9-16H2,1H3,(H3,25,26,27). The maximum atomic E-state index is 12.2. The Kier molecular flexibility index (Phi) is 7.46. The zero-order valence-electron chi connectivity index (χ0n) is 17.5. The van der Waals surface area contributed by atoms with Gasteiger partial charge < -0.3 is 20.7 Å². The molecule has 9 heteroatoms. The first kappa shape index (κ1) is 22.7. The Balaban J connectivity index is 1.55. The minimum absolute atomic E-state index is 0.101. The van der Waals surface area contributed by atoms with E-state index < -0.39 is 6.36 Å². The van der Waals surface area contributed by atoms with E-state index in [9.17, 15) is 13.2 Å². The highest BCUT2D eigenvalue weighted by Crippen LogP contribution is 2.31. The van der Waals surface area contributed by atoms with Gasteiger partial charge in [-0.15, -0.1) is 13.2 Å². The molecular weight excluding hydrogens is 395 g/mol. The lowest BCUT2D eigenvalue weighted by molar-refractivity contribution is -0.274. The SMILES string of the molecule is CN1CCC(CNC(N)=NCc2ccc(OC(F)(F)F)cc2)(N2CCCCC2)CC1. The van der Waals surface area contributed by atoms with E-state index in [0.717, 1.165) is 51.1 Å². The Labute approximate surface area is 176 Å². The quantitative estimate of drug-likeness (QED) is 0.540. The molecule has 0 unspecified atom stereocenters. The van der Waals surface area contributed by atoms with Gasteiger partial charge in [0, 0.05) is 12.1 Å². The first-order valence-corrected chi connectivity index (χ1v) is 10.6. The van der Waals surface area contributed by atoms with Gasteiger partial charge in [0.05, 0.1) is 6.54 Å². The Morgan fingerprint density at radius 3 is 2.33 bits per heavy atom. The maximum Gasteiger partial charge on any atom is 0.573 e. The number of halogens is 3. The fourth-order valence-corrected chi connectivity index (χ4v) is 4.29. The minimum Gasteiger partial charge on any atom is -0.406 e. The molecule has 0 aliphatic carbocycles. The Morgan fingerprint density at radius 2 is 1.73 bits per heavy atom. The van der Waals surface area contributed by atoms with Gasteiger partial charge in [0.2, 0.25) is 0 Å². The van der Waals surface area contributed by atoms with Crippen LogP contribution in [0.5, 0.6) is 5.75 Å². The second-order valence-electron chi connectivity index (χ2n) is 8.32. The van der Waals surface area contributed by atoms with E-state index >= 15 is 0 Å². The molecule has 0 radical (unpaired) electrons. The van der Waals surface area contributed by atoms with Crippen molar-refractivity contribution in [2.45, 2.75) is 50.6 Å². The van der Waals surface area contributed by atoms with Crippen molar-refractivity contribution in [1.29, 1.82) is 0 Å². The number of nitrogens with two attached hydrogens (primary N) is 1. The van der Waals surface area contributed by atoms with E-state index in [-0.39, 0.29) is 11.3 Å². The number of guanidine groups is 1. The summed E-state index contributed by atoms with van der Waals surface area (Å²) in [5.74, 6) is 0.119. The number of ether oxygens (including phenoxy) is 1. The molecule has 1 aromatic rings. The van der Waals surface area contributed by atoms with Crippen molar-refractivity contribution in [1.82, 2.24) is 15.1 Å². The van der Waals surface area contributed by atoms with Crippen LogP contribution in [0.25, 0.3) is 0 Å². The molecule has 2 heterocycles. The summed E-state index contributed by atoms with van der Waals surface area (Å²) in [5.41, 5.74) is 6.97. The summed E-state index contributed by atoms with van der Waals surface area (Å²) >= 11 is 0. The Bertz CT molecular complexity index is 694. The highest BCUT2D eigenvalue weighted by molar-refractivity contribution is 5.77. The van der Waals surface area contributed by atoms with Crippen LogP contribution in [0.1, 0.15) is 37.7 Å². The highest BCUT2D eigenvalue weighted by Gasteiger charge is 2.39. The van der Waals surface area contributed by atoms with E-state index in [4.69, 9.17) is 5.73 Å². The predicted molar refractivity (Wildman–Crippen MR) is 111 cm³/mol. The van der Waals surface area contributed by atoms with Gasteiger partial charge in [0.15, 0.2) is 5.96 Å². The Hall–Kier alpha value is -2.00. The number of aliphatic imine (C=N–C) groups is 1. The molecule has 0 spiro atoms. The zero-order chi connectivity index (χ0) is 21.6. The van der Waals surface area contributed by atoms with Crippen LogP contribution in [-0.4, -0.2) is 67.4 Å². The second kappa shape index (κ2) is 9.87. The first-order chi connectivity index (χ1) is 14.3. The highest BCUT2D eigenvalue weighted by atomic mass is 19.4. The number of hydrogen-bond donors (Lipinski definition) is 2. The number of alkyl halides is 3. The molecule has 2 aliphatic rings. The van der Waals surface area contributed by atoms with E-state index in [1.54, 1.807) is 12.1 Å². The summed E-state index contributed by atoms with van der Waals surface area (Å²) < 4.78 is 40.6. The van der Waals surface area contributed by atoms with Crippen molar-refractivity contribution in [3.05, 3.63) is 29.8 Å². The molecule has 2 fully saturated rings. The fourth-order valence-electron chi connectivity index (χ4n) is 4.29. The van der Waals surface area contributed by atoms with Crippen molar-refractivity contribution >= 4 is 5.96 Å². The average Bonchev–Trinajstić information content (AvgIpc) is 2.73. The van der Waals surface area contributed by atoms with Gasteiger partial charge in [-0.05, 0) is 76.6 Å². The van der Waals surface area contributed by atoms with E-state index in [2.05, 4.69) is 31.9 Å². The smallest absolute Gasteiger partial charge is 0.406 e. The number of hydrogen-bond acceptors (Lipinski definition) is 4. The van der Waals surface area contributed by atoms with E-state index in [1.165, 1.54) is 31.4 Å². The summed E-state index contributed by atoms with van der Waals surface area (Å²) in [6.45, 7) is 5.46. The summed E-state index contributed by atoms with van der Waals surface area (Å²) in [6, 6.07) is 5.69. The van der Waals surface area contributed by atoms with E-state index in [0.29, 0.717) is 12.5 Å². The van der Waals surface area contributed by atoms with Gasteiger partial charge in [0.1, 0.15) is 5.75 Å². The topological polar surface area (TPSA) is 66.1 Å². The molecule has 30 heavy (non-hydrogen) atoms. The van der Waals surface area contributed by atoms with Crippen LogP contribution in [-0.2, 0) is 6.54 Å². The van der Waals surface area contributed by atoms with Gasteiger partial charge in [-0.25, -0.2) is 4.99 Å². The lowest BCUT2D eigenvalue weighted by Crippen LogP contribution is -2.61. The van der Waals surface area contributed by atoms with Crippen molar-refractivity contribution in [2.24, 2.45) is 10.7 Å². The number of piperidine rings is 2. The first-order valence-electron chi connectivity index (χ1n) is 10.6. The molecule has 2 saturated heterocycles. The molecule has 1 aromatic carbocycles. The second-order valence-corrected chi connectivity index (χ2v) is 8.32. The summed E-state index contributed by atoms with van der Waals surface area (Å²) in [5, 5.41) is 3.31. The molecule has 3 rings (SSSR count). The number of benzene rings is 1. The van der Waals surface area contributed by atoms with Crippen molar-refractivity contribution < 1.29 is 17.9 Å². The van der Waals surface area contributed by atoms with Gasteiger partial charge in [-0.2, -0.15) is 0 Å². The predicted octanol–water partition coefficient (Wildman–Crippen LogP) is 2.94. The van der Waals surface area contributed by atoms with Crippen molar-refractivity contribution in [3.8, 4) is 5.75 Å². The molecule has 6 nitrogen and oxygen atoms in total. The lowest BCUT2D eigenvalue weighted by Gasteiger charge is -2.50. The lowest BCUT2D eigenvalue weighted by atomic mass is 9.84. The monoisotopic (exact) mass is 427 g/mol. The normalized spacial score (nSPS) is 21.4. The van der Waals surface area contributed by atoms with Crippen LogP contribution in [0.15, 0.2) is 29.3 Å². The van der Waals surface area contributed by atoms with Gasteiger partial charge in [0.25, 0.3) is 0 Å². The van der Waals surface area contributed by atoms with Crippen LogP contribution in [0.4, 0.5) is 13.2 Å². The third-order valence-corrected chi connectivity index (χ3v) is 6.13. The average molecular weight is 428 g/mol. The third-order valence-electron chi connectivity index (χ3n) is 6.13. The molecular formula is C21H32F3N5O. The molecule has 168 valence electrons.